The third-order valence-corrected chi connectivity index (χ3v) is 2.08. The highest BCUT2D eigenvalue weighted by Crippen LogP contribution is 1.91. The zero-order valence-corrected chi connectivity index (χ0v) is 10.5. The van der Waals surface area contributed by atoms with E-state index in [1.165, 1.54) is 4.90 Å². The first-order valence-corrected chi connectivity index (χ1v) is 5.52. The second-order valence-electron chi connectivity index (χ2n) is 3.66. The van der Waals surface area contributed by atoms with Crippen molar-refractivity contribution in [2.75, 3.05) is 13.1 Å². The summed E-state index contributed by atoms with van der Waals surface area (Å²) in [7, 11) is 0. The Balaban J connectivity index is 2.97. The summed E-state index contributed by atoms with van der Waals surface area (Å²) in [5.41, 5.74) is -0.699. The van der Waals surface area contributed by atoms with Gasteiger partial charge in [-0.25, -0.2) is 9.59 Å². The Kier molecular flexibility index (Phi) is 4.24. The van der Waals surface area contributed by atoms with Gasteiger partial charge in [-0.15, -0.1) is 4.68 Å². The first-order chi connectivity index (χ1) is 8.01. The molecule has 8 heteroatoms. The van der Waals surface area contributed by atoms with Gasteiger partial charge >= 0.3 is 11.7 Å². The molecule has 0 N–H and O–H groups in total. The molecule has 0 aliphatic rings. The number of aromatic nitrogens is 4. The highest BCUT2D eigenvalue weighted by molar-refractivity contribution is 5.75. The summed E-state index contributed by atoms with van der Waals surface area (Å²) in [5.74, 6) is 0. The van der Waals surface area contributed by atoms with E-state index < -0.39 is 11.7 Å². The Hall–Kier alpha value is -1.86. The zero-order valence-electron chi connectivity index (χ0n) is 10.5. The monoisotopic (exact) mass is 243 g/mol. The van der Waals surface area contributed by atoms with E-state index in [0.29, 0.717) is 22.6 Å². The summed E-state index contributed by atoms with van der Waals surface area (Å²) < 4.78 is 0.690. The molecule has 0 aliphatic carbocycles. The zero-order chi connectivity index (χ0) is 13.0. The van der Waals surface area contributed by atoms with E-state index in [1.54, 1.807) is 13.8 Å². The van der Waals surface area contributed by atoms with Gasteiger partial charge in [-0.3, -0.25) is 0 Å². The number of hydrogen-bond donors (Lipinski definition) is 0. The standard InChI is InChI=1S/C9H17N5O3/c1-5-12(6-2)8(15)13-9(16)14(11-10-13)17-7(3)4/h7H,5-6H2,1-4H3. The summed E-state index contributed by atoms with van der Waals surface area (Å²) in [6.07, 6.45) is -0.221. The SMILES string of the molecule is CCN(CC)C(=O)n1nnn(OC(C)C)c1=O. The van der Waals surface area contributed by atoms with Crippen LogP contribution in [0.25, 0.3) is 0 Å². The smallest absolute Gasteiger partial charge is 0.388 e. The lowest BCUT2D eigenvalue weighted by molar-refractivity contribution is 0.0262. The molecule has 17 heavy (non-hydrogen) atoms. The van der Waals surface area contributed by atoms with Gasteiger partial charge in [0, 0.05) is 13.1 Å². The molecule has 0 bridgehead atoms. The number of rotatable bonds is 4. The molecule has 0 radical (unpaired) electrons. The molecule has 0 saturated carbocycles. The third kappa shape index (κ3) is 2.83. The van der Waals surface area contributed by atoms with Crippen LogP contribution in [-0.4, -0.2) is 50.1 Å². The lowest BCUT2D eigenvalue weighted by Crippen LogP contribution is -2.42. The van der Waals surface area contributed by atoms with Crippen LogP contribution in [0.5, 0.6) is 0 Å². The molecule has 0 fully saturated rings. The van der Waals surface area contributed by atoms with Crippen molar-refractivity contribution in [2.24, 2.45) is 0 Å². The van der Waals surface area contributed by atoms with Crippen molar-refractivity contribution in [1.29, 1.82) is 0 Å². The molecule has 0 spiro atoms. The van der Waals surface area contributed by atoms with E-state index in [9.17, 15) is 9.59 Å². The van der Waals surface area contributed by atoms with E-state index >= 15 is 0 Å². The van der Waals surface area contributed by atoms with Crippen LogP contribution in [0.1, 0.15) is 27.7 Å². The fraction of sp³-hybridized carbons (Fsp3) is 0.778. The molecule has 0 aromatic carbocycles. The van der Waals surface area contributed by atoms with Gasteiger partial charge in [-0.05, 0) is 43.0 Å². The maximum atomic E-state index is 11.8. The molecule has 96 valence electrons. The van der Waals surface area contributed by atoms with Crippen molar-refractivity contribution in [1.82, 2.24) is 24.9 Å². The summed E-state index contributed by atoms with van der Waals surface area (Å²) in [6, 6.07) is -0.501. The Morgan fingerprint density at radius 2 is 1.94 bits per heavy atom. The van der Waals surface area contributed by atoms with Crippen molar-refractivity contribution < 1.29 is 9.63 Å². The van der Waals surface area contributed by atoms with Gasteiger partial charge in [-0.1, -0.05) is 0 Å². The minimum Gasteiger partial charge on any atom is -0.388 e. The number of carbonyl (C=O) groups is 1. The Bertz CT molecular complexity index is 432. The van der Waals surface area contributed by atoms with Gasteiger partial charge < -0.3 is 9.74 Å². The van der Waals surface area contributed by atoms with Gasteiger partial charge in [0.25, 0.3) is 0 Å². The van der Waals surface area contributed by atoms with Crippen LogP contribution in [-0.2, 0) is 0 Å². The molecule has 0 aliphatic heterocycles. The number of tetrazole rings is 1. The van der Waals surface area contributed by atoms with Crippen molar-refractivity contribution in [2.45, 2.75) is 33.8 Å². The Morgan fingerprint density at radius 3 is 2.41 bits per heavy atom. The molecule has 1 aromatic heterocycles. The summed E-state index contributed by atoms with van der Waals surface area (Å²) in [4.78, 5) is 30.8. The Morgan fingerprint density at radius 1 is 1.35 bits per heavy atom. The molecule has 1 amide bonds. The summed E-state index contributed by atoms with van der Waals surface area (Å²) in [6.45, 7) is 8.14. The largest absolute Gasteiger partial charge is 0.406 e. The number of carbonyl (C=O) groups excluding carboxylic acids is 1. The number of nitrogens with zero attached hydrogens (tertiary/aromatic N) is 5. The Labute approximate surface area is 98.7 Å². The summed E-state index contributed by atoms with van der Waals surface area (Å²) >= 11 is 0. The van der Waals surface area contributed by atoms with Gasteiger partial charge in [0.05, 0.1) is 0 Å². The fourth-order valence-electron chi connectivity index (χ4n) is 1.25. The molecule has 1 heterocycles. The van der Waals surface area contributed by atoms with Crippen LogP contribution >= 0.6 is 0 Å². The molecular formula is C9H17N5O3. The van der Waals surface area contributed by atoms with Crippen LogP contribution < -0.4 is 10.5 Å². The van der Waals surface area contributed by atoms with E-state index in [0.717, 1.165) is 0 Å². The highest BCUT2D eigenvalue weighted by atomic mass is 16.7. The van der Waals surface area contributed by atoms with Gasteiger partial charge in [0.1, 0.15) is 6.10 Å². The molecule has 0 saturated heterocycles. The van der Waals surface area contributed by atoms with Crippen LogP contribution in [0, 0.1) is 0 Å². The average molecular weight is 243 g/mol. The predicted molar refractivity (Wildman–Crippen MR) is 59.7 cm³/mol. The van der Waals surface area contributed by atoms with Gasteiger partial charge in [0.2, 0.25) is 0 Å². The van der Waals surface area contributed by atoms with Crippen LogP contribution in [0.15, 0.2) is 4.79 Å². The molecular weight excluding hydrogens is 226 g/mol. The van der Waals surface area contributed by atoms with Crippen molar-refractivity contribution >= 4 is 6.03 Å². The number of hydrogen-bond acceptors (Lipinski definition) is 5. The molecule has 8 nitrogen and oxygen atoms in total. The minimum atomic E-state index is -0.699. The second-order valence-corrected chi connectivity index (χ2v) is 3.66. The van der Waals surface area contributed by atoms with Crippen LogP contribution in [0.4, 0.5) is 4.79 Å². The van der Waals surface area contributed by atoms with Crippen molar-refractivity contribution in [3.8, 4) is 0 Å². The van der Waals surface area contributed by atoms with Crippen molar-refractivity contribution in [3.63, 3.8) is 0 Å². The average Bonchev–Trinajstić information content (AvgIpc) is 2.61. The van der Waals surface area contributed by atoms with Gasteiger partial charge in [0.15, 0.2) is 0 Å². The predicted octanol–water partition coefficient (Wildman–Crippen LogP) is -0.413. The maximum Gasteiger partial charge on any atom is 0.406 e. The quantitative estimate of drug-likeness (QED) is 0.671. The maximum absolute atomic E-state index is 11.8. The lowest BCUT2D eigenvalue weighted by Gasteiger charge is -2.16. The van der Waals surface area contributed by atoms with E-state index in [-0.39, 0.29) is 6.10 Å². The van der Waals surface area contributed by atoms with Gasteiger partial charge in [-0.2, -0.15) is 0 Å². The van der Waals surface area contributed by atoms with E-state index in [4.69, 9.17) is 4.84 Å². The third-order valence-electron chi connectivity index (χ3n) is 2.08. The molecule has 1 rings (SSSR count). The van der Waals surface area contributed by atoms with Crippen LogP contribution in [0.2, 0.25) is 0 Å². The van der Waals surface area contributed by atoms with E-state index in [1.807, 2.05) is 13.8 Å². The number of amides is 1. The van der Waals surface area contributed by atoms with Crippen molar-refractivity contribution in [3.05, 3.63) is 10.5 Å². The minimum absolute atomic E-state index is 0.221. The first-order valence-electron chi connectivity index (χ1n) is 5.52. The molecule has 1 aromatic rings. The summed E-state index contributed by atoms with van der Waals surface area (Å²) in [5, 5.41) is 6.96. The molecule has 0 atom stereocenters. The normalized spacial score (nSPS) is 10.6. The topological polar surface area (TPSA) is 82.2 Å². The highest BCUT2D eigenvalue weighted by Gasteiger charge is 2.19. The second kappa shape index (κ2) is 5.46. The first kappa shape index (κ1) is 13.2. The van der Waals surface area contributed by atoms with Crippen LogP contribution in [0.3, 0.4) is 0 Å². The van der Waals surface area contributed by atoms with E-state index in [2.05, 4.69) is 10.4 Å². The lowest BCUT2D eigenvalue weighted by atomic mass is 10.5. The molecule has 0 unspecified atom stereocenters. The fourth-order valence-corrected chi connectivity index (χ4v) is 1.25.